The number of imide groups is 1. The van der Waals surface area contributed by atoms with E-state index in [2.05, 4.69) is 12.2 Å². The van der Waals surface area contributed by atoms with Crippen molar-refractivity contribution in [2.75, 3.05) is 4.90 Å². The lowest BCUT2D eigenvalue weighted by molar-refractivity contribution is -0.122. The molecule has 1 aliphatic carbocycles. The van der Waals surface area contributed by atoms with Gasteiger partial charge in [-0.3, -0.25) is 9.59 Å². The zero-order valence-corrected chi connectivity index (χ0v) is 16.9. The molecular weight excluding hydrogens is 394 g/mol. The Hall–Kier alpha value is -3.17. The monoisotopic (exact) mass is 413 g/mol. The maximum absolute atomic E-state index is 13.6. The molecule has 0 bridgehead atoms. The van der Waals surface area contributed by atoms with Crippen LogP contribution in [0.25, 0.3) is 0 Å². The lowest BCUT2D eigenvalue weighted by Crippen LogP contribution is -2.31. The molecule has 1 fully saturated rings. The maximum atomic E-state index is 13.6. The summed E-state index contributed by atoms with van der Waals surface area (Å²) in [6, 6.07) is 26.8. The summed E-state index contributed by atoms with van der Waals surface area (Å²) in [5, 5.41) is 0.571. The molecule has 2 aliphatic rings. The average molecular weight is 414 g/mol. The predicted molar refractivity (Wildman–Crippen MR) is 118 cm³/mol. The van der Waals surface area contributed by atoms with Crippen molar-refractivity contribution in [1.82, 2.24) is 0 Å². The molecule has 1 heterocycles. The zero-order valence-electron chi connectivity index (χ0n) is 16.2. The normalized spacial score (nSPS) is 25.4. The van der Waals surface area contributed by atoms with Gasteiger partial charge in [-0.2, -0.15) is 0 Å². The zero-order chi connectivity index (χ0) is 20.7. The van der Waals surface area contributed by atoms with Gasteiger partial charge in [0.2, 0.25) is 11.8 Å². The van der Waals surface area contributed by atoms with Crippen molar-refractivity contribution in [3.05, 3.63) is 113 Å². The van der Waals surface area contributed by atoms with E-state index in [0.717, 1.165) is 11.1 Å². The van der Waals surface area contributed by atoms with Gasteiger partial charge in [-0.1, -0.05) is 84.4 Å². The van der Waals surface area contributed by atoms with E-state index in [1.807, 2.05) is 60.7 Å². The first-order chi connectivity index (χ1) is 14.6. The number of nitrogens with zero attached hydrogens (tertiary/aromatic N) is 1. The fraction of sp³-hybridized carbons (Fsp3) is 0.154. The van der Waals surface area contributed by atoms with Crippen LogP contribution in [0.15, 0.2) is 97.1 Å². The minimum Gasteiger partial charge on any atom is -0.274 e. The van der Waals surface area contributed by atoms with Gasteiger partial charge in [-0.15, -0.1) is 0 Å². The second kappa shape index (κ2) is 7.58. The second-order valence-corrected chi connectivity index (χ2v) is 8.23. The Morgan fingerprint density at radius 1 is 0.600 bits per heavy atom. The number of carbonyl (C=O) groups excluding carboxylic acids is 2. The summed E-state index contributed by atoms with van der Waals surface area (Å²) in [4.78, 5) is 28.6. The molecule has 3 aromatic carbocycles. The summed E-state index contributed by atoms with van der Waals surface area (Å²) in [5.74, 6) is -1.44. The number of halogens is 1. The first-order valence-electron chi connectivity index (χ1n) is 10.1. The van der Waals surface area contributed by atoms with Crippen molar-refractivity contribution in [1.29, 1.82) is 0 Å². The summed E-state index contributed by atoms with van der Waals surface area (Å²) in [5.41, 5.74) is 2.67. The van der Waals surface area contributed by atoms with Gasteiger partial charge in [-0.25, -0.2) is 4.90 Å². The van der Waals surface area contributed by atoms with E-state index in [-0.39, 0.29) is 23.7 Å². The highest BCUT2D eigenvalue weighted by Gasteiger charge is 2.55. The highest BCUT2D eigenvalue weighted by atomic mass is 35.5. The molecule has 0 radical (unpaired) electrons. The van der Waals surface area contributed by atoms with Crippen molar-refractivity contribution in [2.24, 2.45) is 11.8 Å². The van der Waals surface area contributed by atoms with Gasteiger partial charge >= 0.3 is 0 Å². The van der Waals surface area contributed by atoms with Crippen molar-refractivity contribution in [2.45, 2.75) is 11.8 Å². The molecule has 3 aromatic rings. The van der Waals surface area contributed by atoms with Crippen molar-refractivity contribution < 1.29 is 9.59 Å². The third-order valence-corrected chi connectivity index (χ3v) is 6.40. The van der Waals surface area contributed by atoms with Crippen LogP contribution in [0.1, 0.15) is 23.0 Å². The molecule has 0 unspecified atom stereocenters. The topological polar surface area (TPSA) is 37.4 Å². The molecule has 0 aromatic heterocycles. The number of benzene rings is 3. The third kappa shape index (κ3) is 3.06. The number of hydrogen-bond donors (Lipinski definition) is 0. The number of amides is 2. The number of rotatable bonds is 3. The first-order valence-corrected chi connectivity index (χ1v) is 10.4. The summed E-state index contributed by atoms with van der Waals surface area (Å²) in [6.07, 6.45) is 4.20. The minimum absolute atomic E-state index is 0.134. The number of anilines is 1. The van der Waals surface area contributed by atoms with E-state index in [4.69, 9.17) is 11.6 Å². The fourth-order valence-electron chi connectivity index (χ4n) is 4.78. The van der Waals surface area contributed by atoms with Gasteiger partial charge in [-0.05, 0) is 35.4 Å². The van der Waals surface area contributed by atoms with Crippen molar-refractivity contribution in [3.8, 4) is 0 Å². The number of fused-ring (bicyclic) bond motifs is 1. The van der Waals surface area contributed by atoms with Gasteiger partial charge in [0.25, 0.3) is 0 Å². The Bertz CT molecular complexity index is 1040. The van der Waals surface area contributed by atoms with Gasteiger partial charge in [0, 0.05) is 16.9 Å². The SMILES string of the molecule is O=C1[C@H]2[C@H](C(=O)N1c1ccc(Cl)cc1)[C@@H](c1ccccc1)C=C[C@@H]2c1ccccc1. The molecule has 5 rings (SSSR count). The molecule has 4 heteroatoms. The Kier molecular flexibility index (Phi) is 4.76. The van der Waals surface area contributed by atoms with Gasteiger partial charge in [0.1, 0.15) is 0 Å². The molecule has 2 amide bonds. The molecule has 1 aliphatic heterocycles. The number of hydrogen-bond acceptors (Lipinski definition) is 2. The Morgan fingerprint density at radius 3 is 1.47 bits per heavy atom. The fourth-order valence-corrected chi connectivity index (χ4v) is 4.90. The lowest BCUT2D eigenvalue weighted by atomic mass is 9.68. The van der Waals surface area contributed by atoms with Crippen LogP contribution in [0.5, 0.6) is 0 Å². The van der Waals surface area contributed by atoms with Crippen LogP contribution < -0.4 is 4.90 Å². The average Bonchev–Trinajstić information content (AvgIpc) is 3.06. The molecule has 0 spiro atoms. The van der Waals surface area contributed by atoms with Crippen LogP contribution in [0.3, 0.4) is 0 Å². The summed E-state index contributed by atoms with van der Waals surface area (Å²) < 4.78 is 0. The van der Waals surface area contributed by atoms with Gasteiger partial charge in [0.15, 0.2) is 0 Å². The molecule has 0 saturated carbocycles. The van der Waals surface area contributed by atoms with E-state index in [9.17, 15) is 9.59 Å². The van der Waals surface area contributed by atoms with Crippen LogP contribution in [-0.2, 0) is 9.59 Å². The molecule has 30 heavy (non-hydrogen) atoms. The highest BCUT2D eigenvalue weighted by Crippen LogP contribution is 2.50. The molecule has 4 atom stereocenters. The standard InChI is InChI=1S/C26H20ClNO2/c27-19-11-13-20(14-12-19)28-25(29)23-21(17-7-3-1-4-8-17)15-16-22(24(23)26(28)30)18-9-5-2-6-10-18/h1-16,21-24H/t21-,22-,23-,24-/m1/s1. The maximum Gasteiger partial charge on any atom is 0.238 e. The molecular formula is C26H20ClNO2. The van der Waals surface area contributed by atoms with Crippen molar-refractivity contribution in [3.63, 3.8) is 0 Å². The Labute approximate surface area is 180 Å². The minimum atomic E-state index is -0.439. The van der Waals surface area contributed by atoms with E-state index in [0.29, 0.717) is 10.7 Å². The smallest absolute Gasteiger partial charge is 0.238 e. The first kappa shape index (κ1) is 18.8. The summed E-state index contributed by atoms with van der Waals surface area (Å²) >= 11 is 6.02. The third-order valence-electron chi connectivity index (χ3n) is 6.15. The van der Waals surface area contributed by atoms with Crippen LogP contribution in [0, 0.1) is 11.8 Å². The largest absolute Gasteiger partial charge is 0.274 e. The van der Waals surface area contributed by atoms with Crippen LogP contribution in [0.4, 0.5) is 5.69 Å². The Morgan fingerprint density at radius 2 is 1.03 bits per heavy atom. The summed E-state index contributed by atoms with van der Waals surface area (Å²) in [6.45, 7) is 0. The van der Waals surface area contributed by atoms with Crippen molar-refractivity contribution >= 4 is 29.1 Å². The van der Waals surface area contributed by atoms with Gasteiger partial charge in [0.05, 0.1) is 17.5 Å². The van der Waals surface area contributed by atoms with E-state index >= 15 is 0 Å². The van der Waals surface area contributed by atoms with Crippen LogP contribution in [-0.4, -0.2) is 11.8 Å². The quantitative estimate of drug-likeness (QED) is 0.415. The molecule has 148 valence electrons. The number of carbonyl (C=O) groups is 2. The van der Waals surface area contributed by atoms with E-state index in [1.54, 1.807) is 24.3 Å². The summed E-state index contributed by atoms with van der Waals surface area (Å²) in [7, 11) is 0. The highest BCUT2D eigenvalue weighted by molar-refractivity contribution is 6.30. The second-order valence-electron chi connectivity index (χ2n) is 7.80. The predicted octanol–water partition coefficient (Wildman–Crippen LogP) is 5.58. The lowest BCUT2D eigenvalue weighted by Gasteiger charge is -2.32. The molecule has 3 nitrogen and oxygen atoms in total. The number of allylic oxidation sites excluding steroid dienone is 2. The van der Waals surface area contributed by atoms with E-state index < -0.39 is 11.8 Å². The Balaban J connectivity index is 1.63. The van der Waals surface area contributed by atoms with Crippen LogP contribution in [0.2, 0.25) is 5.02 Å². The van der Waals surface area contributed by atoms with E-state index in [1.165, 1.54) is 4.90 Å². The van der Waals surface area contributed by atoms with Crippen LogP contribution >= 0.6 is 11.6 Å². The molecule has 0 N–H and O–H groups in total. The molecule has 1 saturated heterocycles. The van der Waals surface area contributed by atoms with Gasteiger partial charge < -0.3 is 0 Å².